The lowest BCUT2D eigenvalue weighted by Gasteiger charge is -2.05. The third-order valence-corrected chi connectivity index (χ3v) is 5.38. The number of hydrogen-bond donors (Lipinski definition) is 1. The van der Waals surface area contributed by atoms with Crippen LogP contribution < -0.4 is 4.72 Å². The Bertz CT molecular complexity index is 681. The third-order valence-electron chi connectivity index (χ3n) is 2.66. The normalized spacial score (nSPS) is 12.0. The Kier molecular flexibility index (Phi) is 3.75. The quantitative estimate of drug-likeness (QED) is 0.931. The Balaban J connectivity index is 2.21. The molecule has 1 N–H and O–H groups in total. The van der Waals surface area contributed by atoms with Gasteiger partial charge in [-0.05, 0) is 27.7 Å². The predicted octanol–water partition coefficient (Wildman–Crippen LogP) is 1.84. The van der Waals surface area contributed by atoms with Crippen LogP contribution in [0.15, 0.2) is 9.42 Å². The van der Waals surface area contributed by atoms with Crippen molar-refractivity contribution < 1.29 is 12.9 Å². The van der Waals surface area contributed by atoms with Crippen LogP contribution in [0.2, 0.25) is 0 Å². The fourth-order valence-electron chi connectivity index (χ4n) is 1.83. The molecular formula is C11H15N3O3S2. The molecule has 19 heavy (non-hydrogen) atoms. The highest BCUT2D eigenvalue weighted by Gasteiger charge is 2.24. The number of nitrogens with zero attached hydrogens (tertiary/aromatic N) is 2. The maximum Gasteiger partial charge on any atom is 0.246 e. The molecule has 6 nitrogen and oxygen atoms in total. The number of nitrogens with one attached hydrogen (secondary N) is 1. The first kappa shape index (κ1) is 14.2. The van der Waals surface area contributed by atoms with Crippen molar-refractivity contribution in [1.82, 2.24) is 14.9 Å². The predicted molar refractivity (Wildman–Crippen MR) is 71.6 cm³/mol. The molecule has 0 aromatic carbocycles. The monoisotopic (exact) mass is 301 g/mol. The maximum absolute atomic E-state index is 12.2. The molecule has 0 fully saturated rings. The van der Waals surface area contributed by atoms with Gasteiger partial charge in [0.1, 0.15) is 10.6 Å². The molecule has 2 aromatic rings. The van der Waals surface area contributed by atoms with E-state index in [4.69, 9.17) is 4.52 Å². The van der Waals surface area contributed by atoms with Gasteiger partial charge >= 0.3 is 0 Å². The van der Waals surface area contributed by atoms with Gasteiger partial charge in [0.15, 0.2) is 5.76 Å². The van der Waals surface area contributed by atoms with Gasteiger partial charge in [-0.2, -0.15) is 0 Å². The minimum Gasteiger partial charge on any atom is -0.360 e. The molecule has 0 aliphatic rings. The van der Waals surface area contributed by atoms with E-state index in [1.165, 1.54) is 11.3 Å². The molecule has 0 radical (unpaired) electrons. The van der Waals surface area contributed by atoms with Crippen LogP contribution in [0.25, 0.3) is 0 Å². The van der Waals surface area contributed by atoms with Gasteiger partial charge in [-0.3, -0.25) is 0 Å². The first-order chi connectivity index (χ1) is 8.81. The van der Waals surface area contributed by atoms with Gasteiger partial charge in [0.25, 0.3) is 0 Å². The highest BCUT2D eigenvalue weighted by Crippen LogP contribution is 2.21. The van der Waals surface area contributed by atoms with Crippen LogP contribution >= 0.6 is 11.3 Å². The van der Waals surface area contributed by atoms with Crippen LogP contribution in [0.4, 0.5) is 0 Å². The van der Waals surface area contributed by atoms with Gasteiger partial charge in [0, 0.05) is 11.4 Å². The van der Waals surface area contributed by atoms with Crippen molar-refractivity contribution in [3.8, 4) is 0 Å². The van der Waals surface area contributed by atoms with E-state index in [1.807, 2.05) is 13.8 Å². The third kappa shape index (κ3) is 2.85. The summed E-state index contributed by atoms with van der Waals surface area (Å²) in [4.78, 5) is 5.29. The molecule has 2 rings (SSSR count). The molecule has 0 bridgehead atoms. The molecule has 8 heteroatoms. The summed E-state index contributed by atoms with van der Waals surface area (Å²) in [6.07, 6.45) is 0. The summed E-state index contributed by atoms with van der Waals surface area (Å²) in [5.41, 5.74) is 1.21. The van der Waals surface area contributed by atoms with Crippen molar-refractivity contribution in [3.63, 3.8) is 0 Å². The van der Waals surface area contributed by atoms with E-state index < -0.39 is 10.0 Å². The van der Waals surface area contributed by atoms with Crippen LogP contribution in [0.1, 0.15) is 27.0 Å². The SMILES string of the molecule is Cc1nc(C)c(CNS(=O)(=O)c2c(C)noc2C)s1. The highest BCUT2D eigenvalue weighted by atomic mass is 32.2. The van der Waals surface area contributed by atoms with Crippen molar-refractivity contribution in [1.29, 1.82) is 0 Å². The largest absolute Gasteiger partial charge is 0.360 e. The van der Waals surface area contributed by atoms with Gasteiger partial charge in [0.05, 0.1) is 10.7 Å². The Labute approximate surface area is 115 Å². The van der Waals surface area contributed by atoms with Crippen LogP contribution in [0.3, 0.4) is 0 Å². The maximum atomic E-state index is 12.2. The van der Waals surface area contributed by atoms with Gasteiger partial charge in [-0.25, -0.2) is 18.1 Å². The van der Waals surface area contributed by atoms with Crippen molar-refractivity contribution in [2.75, 3.05) is 0 Å². The van der Waals surface area contributed by atoms with Crippen molar-refractivity contribution in [3.05, 3.63) is 27.0 Å². The molecule has 0 spiro atoms. The summed E-state index contributed by atoms with van der Waals surface area (Å²) in [7, 11) is -3.61. The fraction of sp³-hybridized carbons (Fsp3) is 0.455. The average Bonchev–Trinajstić information content (AvgIpc) is 2.79. The fourth-order valence-corrected chi connectivity index (χ4v) is 4.12. The lowest BCUT2D eigenvalue weighted by molar-refractivity contribution is 0.390. The van der Waals surface area contributed by atoms with E-state index in [1.54, 1.807) is 13.8 Å². The summed E-state index contributed by atoms with van der Waals surface area (Å²) >= 11 is 1.48. The minimum absolute atomic E-state index is 0.117. The molecule has 0 saturated carbocycles. The zero-order valence-electron chi connectivity index (χ0n) is 11.1. The number of aryl methyl sites for hydroxylation is 4. The first-order valence-corrected chi connectivity index (χ1v) is 7.96. The van der Waals surface area contributed by atoms with Crippen LogP contribution in [-0.4, -0.2) is 18.6 Å². The zero-order valence-corrected chi connectivity index (χ0v) is 12.8. The van der Waals surface area contributed by atoms with Crippen LogP contribution in [0, 0.1) is 27.7 Å². The summed E-state index contributed by atoms with van der Waals surface area (Å²) in [5.74, 6) is 0.294. The smallest absolute Gasteiger partial charge is 0.246 e. The molecule has 2 aromatic heterocycles. The number of thiazole rings is 1. The molecule has 0 saturated heterocycles. The second kappa shape index (κ2) is 5.03. The van der Waals surface area contributed by atoms with Gasteiger partial charge in [-0.15, -0.1) is 11.3 Å². The molecule has 0 atom stereocenters. The average molecular weight is 301 g/mol. The zero-order chi connectivity index (χ0) is 14.2. The van der Waals surface area contributed by atoms with Crippen molar-refractivity contribution >= 4 is 21.4 Å². The van der Waals surface area contributed by atoms with Crippen LogP contribution in [0.5, 0.6) is 0 Å². The number of aromatic nitrogens is 2. The number of rotatable bonds is 4. The molecular weight excluding hydrogens is 286 g/mol. The van der Waals surface area contributed by atoms with E-state index in [-0.39, 0.29) is 11.4 Å². The van der Waals surface area contributed by atoms with Gasteiger partial charge < -0.3 is 4.52 Å². The molecule has 104 valence electrons. The molecule has 0 amide bonds. The Hall–Kier alpha value is -1.25. The standard InChI is InChI=1S/C11H15N3O3S2/c1-6-10(18-9(4)13-6)5-12-19(15,16)11-7(2)14-17-8(11)3/h12H,5H2,1-4H3. The second-order valence-corrected chi connectivity index (χ2v) is 7.21. The summed E-state index contributed by atoms with van der Waals surface area (Å²) in [6.45, 7) is 7.17. The van der Waals surface area contributed by atoms with E-state index in [2.05, 4.69) is 14.9 Å². The lowest BCUT2D eigenvalue weighted by atomic mass is 10.4. The van der Waals surface area contributed by atoms with Gasteiger partial charge in [-0.1, -0.05) is 5.16 Å². The van der Waals surface area contributed by atoms with Crippen molar-refractivity contribution in [2.24, 2.45) is 0 Å². The van der Waals surface area contributed by atoms with E-state index in [0.717, 1.165) is 15.6 Å². The van der Waals surface area contributed by atoms with E-state index >= 15 is 0 Å². The molecule has 0 aliphatic carbocycles. The highest BCUT2D eigenvalue weighted by molar-refractivity contribution is 7.89. The van der Waals surface area contributed by atoms with E-state index in [9.17, 15) is 8.42 Å². The van der Waals surface area contributed by atoms with Gasteiger partial charge in [0.2, 0.25) is 10.0 Å². The minimum atomic E-state index is -3.61. The van der Waals surface area contributed by atoms with Crippen LogP contribution in [-0.2, 0) is 16.6 Å². The Morgan fingerprint density at radius 2 is 1.89 bits per heavy atom. The summed E-state index contributed by atoms with van der Waals surface area (Å²) in [6, 6.07) is 0. The topological polar surface area (TPSA) is 85.1 Å². The molecule has 2 heterocycles. The number of hydrogen-bond acceptors (Lipinski definition) is 6. The lowest BCUT2D eigenvalue weighted by Crippen LogP contribution is -2.24. The molecule has 0 aliphatic heterocycles. The second-order valence-electron chi connectivity index (χ2n) is 4.22. The first-order valence-electron chi connectivity index (χ1n) is 5.66. The summed E-state index contributed by atoms with van der Waals surface area (Å²) in [5, 5.41) is 4.58. The van der Waals surface area contributed by atoms with Crippen molar-refractivity contribution in [2.45, 2.75) is 39.1 Å². The van der Waals surface area contributed by atoms with E-state index in [0.29, 0.717) is 11.5 Å². The summed E-state index contributed by atoms with van der Waals surface area (Å²) < 4.78 is 31.8. The Morgan fingerprint density at radius 3 is 2.37 bits per heavy atom. The Morgan fingerprint density at radius 1 is 1.21 bits per heavy atom. The number of sulfonamides is 1. The molecule has 0 unspecified atom stereocenters.